The molecular formula is C34H46N6O. The van der Waals surface area contributed by atoms with Gasteiger partial charge in [0.25, 0.3) is 0 Å². The van der Waals surface area contributed by atoms with Gasteiger partial charge in [-0.1, -0.05) is 46.1 Å². The van der Waals surface area contributed by atoms with Gasteiger partial charge in [0, 0.05) is 67.4 Å². The Labute approximate surface area is 245 Å². The average molecular weight is 555 g/mol. The van der Waals surface area contributed by atoms with Crippen molar-refractivity contribution < 1.29 is 5.11 Å². The van der Waals surface area contributed by atoms with E-state index in [1.54, 1.807) is 0 Å². The Morgan fingerprint density at radius 2 is 1.80 bits per heavy atom. The number of aromatic nitrogens is 3. The number of aryl methyl sites for hydroxylation is 1. The van der Waals surface area contributed by atoms with Crippen molar-refractivity contribution >= 4 is 17.2 Å². The number of piperidine rings is 1. The van der Waals surface area contributed by atoms with E-state index < -0.39 is 0 Å². The highest BCUT2D eigenvalue weighted by atomic mass is 16.3. The lowest BCUT2D eigenvalue weighted by Gasteiger charge is -2.39. The number of likely N-dealkylation sites (N-methyl/N-ethyl adjacent to an activating group) is 1. The van der Waals surface area contributed by atoms with E-state index in [2.05, 4.69) is 79.8 Å². The lowest BCUT2D eigenvalue weighted by atomic mass is 9.80. The molecule has 2 N–H and O–H groups in total. The third-order valence-corrected chi connectivity index (χ3v) is 9.37. The van der Waals surface area contributed by atoms with Crippen LogP contribution in [0.5, 0.6) is 0 Å². The first-order valence-electron chi connectivity index (χ1n) is 15.4. The van der Waals surface area contributed by atoms with Crippen LogP contribution in [-0.4, -0.2) is 57.4 Å². The maximum Gasteiger partial charge on any atom is 0.157 e. The van der Waals surface area contributed by atoms with Gasteiger partial charge in [0.1, 0.15) is 5.82 Å². The monoisotopic (exact) mass is 554 g/mol. The zero-order valence-electron chi connectivity index (χ0n) is 25.3. The number of nitrogens with one attached hydrogen (secondary N) is 1. The normalized spacial score (nSPS) is 24.2. The molecule has 3 aliphatic rings. The number of anilines is 1. The van der Waals surface area contributed by atoms with Crippen LogP contribution in [0.25, 0.3) is 11.3 Å². The number of hydrogen-bond acceptors (Lipinski definition) is 6. The molecule has 6 rings (SSSR count). The summed E-state index contributed by atoms with van der Waals surface area (Å²) in [7, 11) is 2.13. The third kappa shape index (κ3) is 5.49. The van der Waals surface area contributed by atoms with E-state index in [-0.39, 0.29) is 17.6 Å². The fourth-order valence-electron chi connectivity index (χ4n) is 6.60. The Bertz CT molecular complexity index is 1460. The van der Waals surface area contributed by atoms with E-state index in [0.29, 0.717) is 5.92 Å². The van der Waals surface area contributed by atoms with Crippen LogP contribution in [0.2, 0.25) is 0 Å². The number of allylic oxidation sites excluding steroid dienone is 1. The van der Waals surface area contributed by atoms with E-state index in [1.807, 2.05) is 4.52 Å². The van der Waals surface area contributed by atoms with Crippen molar-refractivity contribution in [3.8, 4) is 0 Å². The summed E-state index contributed by atoms with van der Waals surface area (Å²) in [6.45, 7) is 18.5. The van der Waals surface area contributed by atoms with Gasteiger partial charge in [0.15, 0.2) is 5.65 Å². The summed E-state index contributed by atoms with van der Waals surface area (Å²) in [6, 6.07) is 11.5. The quantitative estimate of drug-likeness (QED) is 0.388. The molecule has 2 fully saturated rings. The highest BCUT2D eigenvalue weighted by Crippen LogP contribution is 2.40. The number of rotatable bonds is 1. The van der Waals surface area contributed by atoms with Crippen LogP contribution in [0, 0.1) is 0 Å². The summed E-state index contributed by atoms with van der Waals surface area (Å²) in [4.78, 5) is 9.84. The molecule has 4 heterocycles. The molecule has 2 bridgehead atoms. The first kappa shape index (κ1) is 27.8. The predicted octanol–water partition coefficient (Wildman–Crippen LogP) is 5.95. The largest absolute Gasteiger partial charge is 0.393 e. The van der Waals surface area contributed by atoms with Crippen molar-refractivity contribution in [3.63, 3.8) is 0 Å². The molecular weight excluding hydrogens is 508 g/mol. The number of hydrogen-bond donors (Lipinski definition) is 2. The standard InChI is InChI=1S/C34H46N6O/c1-22-10-11-24-12-13-26(34(3,4)5)19-28(24)23(2)39-15-8-7-9-31(39)30-20-32-36-29(25-17-27(41)18-25)21-33(40(32)37-30)38(6)16-14-35-22/h12-13,19-21,25,27,31,35,41H,1-2,7-11,14-18H2,3-6H3/t25-,27+,31-/m0/s1. The van der Waals surface area contributed by atoms with Crippen LogP contribution in [0.4, 0.5) is 5.82 Å². The van der Waals surface area contributed by atoms with Gasteiger partial charge < -0.3 is 20.2 Å². The minimum absolute atomic E-state index is 0.0564. The summed E-state index contributed by atoms with van der Waals surface area (Å²) in [5.41, 5.74) is 9.11. The first-order valence-corrected chi connectivity index (χ1v) is 15.4. The van der Waals surface area contributed by atoms with Crippen LogP contribution < -0.4 is 10.2 Å². The number of aliphatic hydroxyl groups excluding tert-OH is 1. The molecule has 1 saturated heterocycles. The topological polar surface area (TPSA) is 68.9 Å². The third-order valence-electron chi connectivity index (χ3n) is 9.37. The zero-order chi connectivity index (χ0) is 28.9. The van der Waals surface area contributed by atoms with Gasteiger partial charge >= 0.3 is 0 Å². The van der Waals surface area contributed by atoms with Crippen molar-refractivity contribution in [1.82, 2.24) is 24.8 Å². The van der Waals surface area contributed by atoms with Gasteiger partial charge in [-0.15, -0.1) is 0 Å². The van der Waals surface area contributed by atoms with Crippen LogP contribution >= 0.6 is 0 Å². The Hall–Kier alpha value is -3.32. The second kappa shape index (κ2) is 10.8. The van der Waals surface area contributed by atoms with Gasteiger partial charge in [0.2, 0.25) is 0 Å². The zero-order valence-corrected chi connectivity index (χ0v) is 25.3. The van der Waals surface area contributed by atoms with Gasteiger partial charge in [0.05, 0.1) is 17.8 Å². The average Bonchev–Trinajstić information content (AvgIpc) is 3.36. The maximum atomic E-state index is 9.99. The van der Waals surface area contributed by atoms with E-state index in [9.17, 15) is 5.11 Å². The molecule has 3 aromatic rings. The maximum absolute atomic E-state index is 9.99. The van der Waals surface area contributed by atoms with Crippen LogP contribution in [-0.2, 0) is 11.8 Å². The van der Waals surface area contributed by atoms with Crippen molar-refractivity contribution in [2.45, 2.75) is 89.2 Å². The summed E-state index contributed by atoms with van der Waals surface area (Å²) < 4.78 is 2.02. The van der Waals surface area contributed by atoms with Gasteiger partial charge in [-0.05, 0) is 67.6 Å². The summed E-state index contributed by atoms with van der Waals surface area (Å²) >= 11 is 0. The molecule has 0 unspecified atom stereocenters. The Kier molecular flexibility index (Phi) is 7.35. The van der Waals surface area contributed by atoms with Crippen molar-refractivity contribution in [3.05, 3.63) is 77.3 Å². The van der Waals surface area contributed by atoms with E-state index in [0.717, 1.165) is 92.4 Å². The molecule has 0 amide bonds. The summed E-state index contributed by atoms with van der Waals surface area (Å²) in [5, 5.41) is 18.8. The van der Waals surface area contributed by atoms with Crippen molar-refractivity contribution in [1.29, 1.82) is 0 Å². The van der Waals surface area contributed by atoms with Gasteiger partial charge in [-0.25, -0.2) is 4.98 Å². The number of benzene rings is 1. The second-order valence-electron chi connectivity index (χ2n) is 13.4. The lowest BCUT2D eigenvalue weighted by Crippen LogP contribution is -2.33. The van der Waals surface area contributed by atoms with Gasteiger partial charge in [-0.2, -0.15) is 9.61 Å². The fourth-order valence-corrected chi connectivity index (χ4v) is 6.60. The van der Waals surface area contributed by atoms with E-state index in [1.165, 1.54) is 23.1 Å². The van der Waals surface area contributed by atoms with E-state index >= 15 is 0 Å². The minimum Gasteiger partial charge on any atom is -0.393 e. The second-order valence-corrected chi connectivity index (χ2v) is 13.4. The Morgan fingerprint density at radius 1 is 1.00 bits per heavy atom. The molecule has 7 heteroatoms. The Balaban J connectivity index is 1.46. The molecule has 41 heavy (non-hydrogen) atoms. The molecule has 2 aliphatic heterocycles. The predicted molar refractivity (Wildman–Crippen MR) is 167 cm³/mol. The number of aliphatic hydroxyl groups is 1. The molecule has 0 spiro atoms. The molecule has 7 nitrogen and oxygen atoms in total. The highest BCUT2D eigenvalue weighted by molar-refractivity contribution is 5.67. The molecule has 218 valence electrons. The van der Waals surface area contributed by atoms with Crippen molar-refractivity contribution in [2.75, 3.05) is 31.6 Å². The van der Waals surface area contributed by atoms with Crippen LogP contribution in [0.1, 0.15) is 99.3 Å². The number of fused-ring (bicyclic) bond motifs is 4. The Morgan fingerprint density at radius 3 is 2.56 bits per heavy atom. The van der Waals surface area contributed by atoms with E-state index in [4.69, 9.17) is 16.7 Å². The van der Waals surface area contributed by atoms with Crippen LogP contribution in [0.15, 0.2) is 49.2 Å². The summed E-state index contributed by atoms with van der Waals surface area (Å²) in [6.07, 6.45) is 6.52. The molecule has 0 radical (unpaired) electrons. The SMILES string of the molecule is C=C1CCc2ccc(C(C)(C)C)cc2C(=C)N2CCCC[C@H]2c2cc3nc([C@H]4C[C@@H](O)C4)cc(n3n2)N(C)CCN1. The lowest BCUT2D eigenvalue weighted by molar-refractivity contribution is 0.0733. The molecule has 2 aromatic heterocycles. The molecule has 1 aromatic carbocycles. The fraction of sp³-hybridized carbons (Fsp3) is 0.529. The first-order chi connectivity index (χ1) is 19.6. The minimum atomic E-state index is -0.215. The molecule has 1 saturated carbocycles. The molecule has 1 aliphatic carbocycles. The van der Waals surface area contributed by atoms with Crippen molar-refractivity contribution in [2.24, 2.45) is 0 Å². The smallest absolute Gasteiger partial charge is 0.157 e. The van der Waals surface area contributed by atoms with Crippen LogP contribution in [0.3, 0.4) is 0 Å². The summed E-state index contributed by atoms with van der Waals surface area (Å²) in [5.74, 6) is 1.34. The highest BCUT2D eigenvalue weighted by Gasteiger charge is 2.33. The molecule has 1 atom stereocenters. The van der Waals surface area contributed by atoms with Gasteiger partial charge in [-0.3, -0.25) is 0 Å². The number of nitrogens with zero attached hydrogens (tertiary/aromatic N) is 5.